The summed E-state index contributed by atoms with van der Waals surface area (Å²) in [5.74, 6) is 1.60. The molecule has 1 aliphatic rings. The van der Waals surface area contributed by atoms with Gasteiger partial charge in [-0.2, -0.15) is 0 Å². The topological polar surface area (TPSA) is 55.6 Å². The zero-order valence-electron chi connectivity index (χ0n) is 13.3. The molecule has 2 heterocycles. The molecule has 0 amide bonds. The summed E-state index contributed by atoms with van der Waals surface area (Å²) in [7, 11) is 1.63. The molecule has 0 saturated carbocycles. The van der Waals surface area contributed by atoms with Gasteiger partial charge in [-0.1, -0.05) is 20.3 Å². The minimum Gasteiger partial charge on any atom is -0.492 e. The van der Waals surface area contributed by atoms with Crippen LogP contribution in [0.15, 0.2) is 0 Å². The van der Waals surface area contributed by atoms with Crippen LogP contribution in [0.3, 0.4) is 0 Å². The number of Topliss-reactive ketones (excluding diaryl/α,β-unsaturated/α-hetero) is 1. The lowest BCUT2D eigenvalue weighted by Crippen LogP contribution is -2.23. The van der Waals surface area contributed by atoms with E-state index in [9.17, 15) is 4.79 Å². The van der Waals surface area contributed by atoms with Crippen LogP contribution >= 0.6 is 11.3 Å². The first-order valence-electron chi connectivity index (χ1n) is 7.86. The second-order valence-electron chi connectivity index (χ2n) is 5.65. The van der Waals surface area contributed by atoms with Gasteiger partial charge in [0.15, 0.2) is 11.5 Å². The van der Waals surface area contributed by atoms with Gasteiger partial charge in [0, 0.05) is 19.5 Å². The Balaban J connectivity index is 2.28. The summed E-state index contributed by atoms with van der Waals surface area (Å²) in [4.78, 5) is 15.0. The monoisotopic (exact) mass is 310 g/mol. The maximum absolute atomic E-state index is 12.0. The molecule has 21 heavy (non-hydrogen) atoms. The number of carbonyl (C=O) groups excluding carboxylic acids is 1. The lowest BCUT2D eigenvalue weighted by atomic mass is 9.98. The summed E-state index contributed by atoms with van der Waals surface area (Å²) in [6, 6.07) is 0. The van der Waals surface area contributed by atoms with Crippen LogP contribution < -0.4 is 15.4 Å². The van der Waals surface area contributed by atoms with Crippen LogP contribution in [0.4, 0.5) is 10.7 Å². The van der Waals surface area contributed by atoms with Gasteiger partial charge in [0.1, 0.15) is 5.00 Å². The molecule has 2 rings (SSSR count). The molecule has 0 radical (unpaired) electrons. The molecule has 1 unspecified atom stereocenters. The van der Waals surface area contributed by atoms with Crippen LogP contribution in [-0.4, -0.2) is 26.0 Å². The highest BCUT2D eigenvalue weighted by Gasteiger charge is 2.26. The van der Waals surface area contributed by atoms with Gasteiger partial charge in [-0.05, 0) is 25.2 Å². The predicted molar refractivity (Wildman–Crippen MR) is 89.7 cm³/mol. The summed E-state index contributed by atoms with van der Waals surface area (Å²) < 4.78 is 5.49. The van der Waals surface area contributed by atoms with Crippen molar-refractivity contribution in [2.45, 2.75) is 46.0 Å². The van der Waals surface area contributed by atoms with E-state index in [2.05, 4.69) is 11.8 Å². The molecule has 1 aromatic heterocycles. The van der Waals surface area contributed by atoms with Crippen LogP contribution in [0.5, 0.6) is 5.75 Å². The molecule has 1 saturated heterocycles. The number of nitrogens with two attached hydrogens (primary N) is 1. The van der Waals surface area contributed by atoms with Crippen molar-refractivity contribution in [3.05, 3.63) is 4.88 Å². The Bertz CT molecular complexity index is 499. The Morgan fingerprint density at radius 1 is 1.38 bits per heavy atom. The number of methoxy groups -OCH3 is 1. The molecule has 0 aromatic carbocycles. The number of hydrogen-bond acceptors (Lipinski definition) is 5. The third-order valence-corrected chi connectivity index (χ3v) is 5.66. The van der Waals surface area contributed by atoms with Crippen LogP contribution in [-0.2, 0) is 0 Å². The highest BCUT2D eigenvalue weighted by molar-refractivity contribution is 7.19. The van der Waals surface area contributed by atoms with Crippen molar-refractivity contribution in [2.75, 3.05) is 30.8 Å². The number of anilines is 2. The number of thiophene rings is 1. The van der Waals surface area contributed by atoms with Crippen molar-refractivity contribution in [1.29, 1.82) is 0 Å². The Hall–Kier alpha value is -1.23. The standard InChI is InChI=1S/C16H26N2O2S/c1-4-11-7-6-9-18(10-8-11)16-14(20-3)13(17)15(21-16)12(19)5-2/h11H,4-10,17H2,1-3H3. The molecule has 0 bridgehead atoms. The fraction of sp³-hybridized carbons (Fsp3) is 0.688. The van der Waals surface area contributed by atoms with E-state index in [4.69, 9.17) is 10.5 Å². The molecular weight excluding hydrogens is 284 g/mol. The molecule has 1 atom stereocenters. The quantitative estimate of drug-likeness (QED) is 0.837. The fourth-order valence-corrected chi connectivity index (χ4v) is 4.22. The van der Waals surface area contributed by atoms with Crippen molar-refractivity contribution in [2.24, 2.45) is 5.92 Å². The van der Waals surface area contributed by atoms with Crippen molar-refractivity contribution >= 4 is 27.8 Å². The number of carbonyl (C=O) groups is 1. The molecule has 1 aliphatic heterocycles. The van der Waals surface area contributed by atoms with E-state index in [1.165, 1.54) is 37.0 Å². The van der Waals surface area contributed by atoms with Gasteiger partial charge in [0.05, 0.1) is 17.7 Å². The summed E-state index contributed by atoms with van der Waals surface area (Å²) >= 11 is 1.49. The van der Waals surface area contributed by atoms with E-state index in [-0.39, 0.29) is 5.78 Å². The van der Waals surface area contributed by atoms with Gasteiger partial charge in [0.2, 0.25) is 0 Å². The summed E-state index contributed by atoms with van der Waals surface area (Å²) in [6.45, 7) is 6.18. The fourth-order valence-electron chi connectivity index (χ4n) is 2.97. The maximum atomic E-state index is 12.0. The minimum atomic E-state index is 0.100. The van der Waals surface area contributed by atoms with Gasteiger partial charge in [-0.25, -0.2) is 0 Å². The largest absolute Gasteiger partial charge is 0.492 e. The van der Waals surface area contributed by atoms with Crippen molar-refractivity contribution in [1.82, 2.24) is 0 Å². The van der Waals surface area contributed by atoms with E-state index >= 15 is 0 Å². The molecule has 1 aromatic rings. The third kappa shape index (κ3) is 3.34. The number of nitrogen functional groups attached to an aromatic ring is 1. The first kappa shape index (κ1) is 16.1. The van der Waals surface area contributed by atoms with Gasteiger partial charge in [-0.15, -0.1) is 11.3 Å². The Labute approximate surface area is 131 Å². The average molecular weight is 310 g/mol. The Morgan fingerprint density at radius 3 is 2.76 bits per heavy atom. The highest BCUT2D eigenvalue weighted by atomic mass is 32.1. The maximum Gasteiger partial charge on any atom is 0.177 e. The van der Waals surface area contributed by atoms with Crippen LogP contribution in [0.25, 0.3) is 0 Å². The lowest BCUT2D eigenvalue weighted by molar-refractivity contribution is 0.0992. The first-order valence-corrected chi connectivity index (χ1v) is 8.68. The predicted octanol–water partition coefficient (Wildman–Crippen LogP) is 3.95. The molecule has 4 nitrogen and oxygen atoms in total. The molecule has 0 aliphatic carbocycles. The number of nitrogens with zero attached hydrogens (tertiary/aromatic N) is 1. The van der Waals surface area contributed by atoms with E-state index in [0.29, 0.717) is 22.7 Å². The second kappa shape index (κ2) is 7.16. The summed E-state index contributed by atoms with van der Waals surface area (Å²) in [5, 5.41) is 1.03. The van der Waals surface area contributed by atoms with Crippen molar-refractivity contribution in [3.8, 4) is 5.75 Å². The smallest absolute Gasteiger partial charge is 0.177 e. The number of ether oxygens (including phenoxy) is 1. The highest BCUT2D eigenvalue weighted by Crippen LogP contribution is 2.46. The SMILES string of the molecule is CCC(=O)c1sc(N2CCCC(CC)CC2)c(OC)c1N. The summed E-state index contributed by atoms with van der Waals surface area (Å²) in [5.41, 5.74) is 6.64. The van der Waals surface area contributed by atoms with E-state index in [1.807, 2.05) is 6.92 Å². The average Bonchev–Trinajstić information content (AvgIpc) is 2.68. The van der Waals surface area contributed by atoms with Crippen LogP contribution in [0.2, 0.25) is 0 Å². The lowest BCUT2D eigenvalue weighted by Gasteiger charge is -2.22. The molecule has 118 valence electrons. The number of hydrogen-bond donors (Lipinski definition) is 1. The second-order valence-corrected chi connectivity index (χ2v) is 6.65. The Kier molecular flexibility index (Phi) is 5.51. The molecular formula is C16H26N2O2S. The van der Waals surface area contributed by atoms with Crippen molar-refractivity contribution < 1.29 is 9.53 Å². The number of rotatable bonds is 5. The minimum absolute atomic E-state index is 0.100. The van der Waals surface area contributed by atoms with Crippen LogP contribution in [0, 0.1) is 5.92 Å². The zero-order chi connectivity index (χ0) is 15.4. The van der Waals surface area contributed by atoms with Gasteiger partial charge >= 0.3 is 0 Å². The van der Waals surface area contributed by atoms with Gasteiger partial charge in [-0.3, -0.25) is 4.79 Å². The van der Waals surface area contributed by atoms with Gasteiger partial charge < -0.3 is 15.4 Å². The zero-order valence-corrected chi connectivity index (χ0v) is 14.1. The van der Waals surface area contributed by atoms with E-state index in [0.717, 1.165) is 24.0 Å². The van der Waals surface area contributed by atoms with Gasteiger partial charge in [0.25, 0.3) is 0 Å². The normalized spacial score (nSPS) is 19.4. The van der Waals surface area contributed by atoms with E-state index < -0.39 is 0 Å². The third-order valence-electron chi connectivity index (χ3n) is 4.37. The van der Waals surface area contributed by atoms with E-state index in [1.54, 1.807) is 7.11 Å². The molecule has 0 spiro atoms. The van der Waals surface area contributed by atoms with Crippen LogP contribution in [0.1, 0.15) is 55.6 Å². The Morgan fingerprint density at radius 2 is 2.14 bits per heavy atom. The number of ketones is 1. The molecule has 1 fully saturated rings. The molecule has 5 heteroatoms. The summed E-state index contributed by atoms with van der Waals surface area (Å²) in [6.07, 6.45) is 5.41. The first-order chi connectivity index (χ1) is 10.1. The van der Waals surface area contributed by atoms with Crippen molar-refractivity contribution in [3.63, 3.8) is 0 Å². The molecule has 2 N–H and O–H groups in total.